The quantitative estimate of drug-likeness (QED) is 0.340. The molecule has 0 aliphatic carbocycles. The lowest BCUT2D eigenvalue weighted by atomic mass is 9.92. The Bertz CT molecular complexity index is 1630. The number of aromatic nitrogens is 5. The second kappa shape index (κ2) is 11.1. The first-order chi connectivity index (χ1) is 19.8. The molecule has 4 aromatic rings. The number of benzene rings is 1. The van der Waals surface area contributed by atoms with E-state index in [-0.39, 0.29) is 31.0 Å². The number of pyridine rings is 1. The minimum atomic E-state index is -0.546. The summed E-state index contributed by atoms with van der Waals surface area (Å²) in [5.74, 6) is 0.454. The van der Waals surface area contributed by atoms with Crippen LogP contribution in [0.3, 0.4) is 0 Å². The molecule has 2 aliphatic rings. The summed E-state index contributed by atoms with van der Waals surface area (Å²) >= 11 is 5.93. The molecule has 5 heterocycles. The summed E-state index contributed by atoms with van der Waals surface area (Å²) < 4.78 is 7.88. The number of halogens is 1. The van der Waals surface area contributed by atoms with Crippen LogP contribution in [0.2, 0.25) is 5.02 Å². The number of nitrogens with one attached hydrogen (secondary N) is 1. The molecule has 0 unspecified atom stereocenters. The molecule has 1 aromatic carbocycles. The number of hydrogen-bond acceptors (Lipinski definition) is 8. The first kappa shape index (κ1) is 27.1. The number of amides is 2. The smallest absolute Gasteiger partial charge is 0.265 e. The number of hydrogen-bond donors (Lipinski definition) is 2. The maximum absolute atomic E-state index is 13.0. The third-order valence-electron chi connectivity index (χ3n) is 7.49. The lowest BCUT2D eigenvalue weighted by Crippen LogP contribution is -2.38. The van der Waals surface area contributed by atoms with Crippen LogP contribution in [0.1, 0.15) is 54.6 Å². The van der Waals surface area contributed by atoms with E-state index >= 15 is 0 Å². The monoisotopic (exact) mass is 574 g/mol. The van der Waals surface area contributed by atoms with Gasteiger partial charge in [0.15, 0.2) is 12.3 Å². The largest absolute Gasteiger partial charge is 0.482 e. The maximum Gasteiger partial charge on any atom is 0.265 e. The lowest BCUT2D eigenvalue weighted by molar-refractivity contribution is -0.121. The molecule has 2 aliphatic heterocycles. The minimum absolute atomic E-state index is 0.134. The van der Waals surface area contributed by atoms with Crippen LogP contribution >= 0.6 is 11.6 Å². The first-order valence-electron chi connectivity index (χ1n) is 13.7. The normalized spacial score (nSPS) is 15.8. The van der Waals surface area contributed by atoms with Gasteiger partial charge in [0.25, 0.3) is 11.8 Å². The van der Waals surface area contributed by atoms with Gasteiger partial charge in [-0.1, -0.05) is 31.5 Å². The average Bonchev–Trinajstić information content (AvgIpc) is 3.38. The third-order valence-corrected chi connectivity index (χ3v) is 7.68. The Balaban J connectivity index is 1.49. The standard InChI is InChI=1S/C29H31ClN8O3/c1-16(2)9-21-27(28(31)40)26(20-13-35-38(29(20)36-21)19-5-7-32-8-6-19)17-3-4-22-23(10-17)41-15-25(39)37(22)14-24-33-11-18(30)12-34-24/h3-4,10-13,16,19,32H,5-9,14-15H2,1-2H3,(H2,31,40). The van der Waals surface area contributed by atoms with Crippen LogP contribution < -0.4 is 20.7 Å². The fourth-order valence-electron chi connectivity index (χ4n) is 5.62. The second-order valence-electron chi connectivity index (χ2n) is 10.8. The molecule has 11 nitrogen and oxygen atoms in total. The van der Waals surface area contributed by atoms with Crippen molar-refractivity contribution in [3.8, 4) is 16.9 Å². The second-order valence-corrected chi connectivity index (χ2v) is 11.3. The molecule has 3 N–H and O–H groups in total. The molecule has 0 atom stereocenters. The van der Waals surface area contributed by atoms with Crippen molar-refractivity contribution in [3.63, 3.8) is 0 Å². The molecule has 12 heteroatoms. The Morgan fingerprint density at radius 1 is 1.20 bits per heavy atom. The van der Waals surface area contributed by atoms with Crippen molar-refractivity contribution in [3.05, 3.63) is 58.9 Å². The molecule has 41 heavy (non-hydrogen) atoms. The highest BCUT2D eigenvalue weighted by molar-refractivity contribution is 6.30. The number of carbonyl (C=O) groups is 2. The third kappa shape index (κ3) is 5.22. The van der Waals surface area contributed by atoms with Crippen LogP contribution in [0.4, 0.5) is 5.69 Å². The van der Waals surface area contributed by atoms with Gasteiger partial charge in [-0.25, -0.2) is 19.6 Å². The number of rotatable bonds is 7. The van der Waals surface area contributed by atoms with Crippen molar-refractivity contribution in [1.29, 1.82) is 0 Å². The highest BCUT2D eigenvalue weighted by atomic mass is 35.5. The Labute approximate surface area is 242 Å². The Hall–Kier alpha value is -4.09. The predicted molar refractivity (Wildman–Crippen MR) is 155 cm³/mol. The van der Waals surface area contributed by atoms with Gasteiger partial charge in [-0.3, -0.25) is 14.5 Å². The zero-order valence-corrected chi connectivity index (χ0v) is 23.7. The molecular formula is C29H31ClN8O3. The Morgan fingerprint density at radius 3 is 2.66 bits per heavy atom. The number of nitrogens with two attached hydrogens (primary N) is 1. The van der Waals surface area contributed by atoms with E-state index < -0.39 is 5.91 Å². The minimum Gasteiger partial charge on any atom is -0.482 e. The van der Waals surface area contributed by atoms with Gasteiger partial charge >= 0.3 is 0 Å². The van der Waals surface area contributed by atoms with E-state index in [1.54, 1.807) is 11.1 Å². The molecule has 0 saturated carbocycles. The molecule has 2 amide bonds. The molecule has 212 valence electrons. The molecule has 0 bridgehead atoms. The van der Waals surface area contributed by atoms with Crippen molar-refractivity contribution in [2.45, 2.75) is 45.7 Å². The van der Waals surface area contributed by atoms with Gasteiger partial charge in [0, 0.05) is 23.3 Å². The highest BCUT2D eigenvalue weighted by Gasteiger charge is 2.30. The highest BCUT2D eigenvalue weighted by Crippen LogP contribution is 2.41. The number of primary amides is 1. The van der Waals surface area contributed by atoms with Crippen LogP contribution in [0, 0.1) is 5.92 Å². The van der Waals surface area contributed by atoms with Crippen LogP contribution in [0.5, 0.6) is 5.75 Å². The predicted octanol–water partition coefficient (Wildman–Crippen LogP) is 3.69. The summed E-state index contributed by atoms with van der Waals surface area (Å²) in [4.78, 5) is 40.9. The van der Waals surface area contributed by atoms with Crippen LogP contribution in [-0.4, -0.2) is 56.2 Å². The molecular weight excluding hydrogens is 544 g/mol. The van der Waals surface area contributed by atoms with Gasteiger partial charge < -0.3 is 15.8 Å². The first-order valence-corrected chi connectivity index (χ1v) is 14.1. The summed E-state index contributed by atoms with van der Waals surface area (Å²) in [6.07, 6.45) is 7.25. The van der Waals surface area contributed by atoms with Crippen LogP contribution in [0.25, 0.3) is 22.2 Å². The van der Waals surface area contributed by atoms with E-state index in [2.05, 4.69) is 29.1 Å². The van der Waals surface area contributed by atoms with Crippen molar-refractivity contribution in [2.24, 2.45) is 11.7 Å². The van der Waals surface area contributed by atoms with E-state index in [4.69, 9.17) is 32.2 Å². The van der Waals surface area contributed by atoms with Crippen molar-refractivity contribution >= 4 is 40.1 Å². The molecule has 3 aromatic heterocycles. The van der Waals surface area contributed by atoms with Crippen molar-refractivity contribution in [1.82, 2.24) is 30.0 Å². The van der Waals surface area contributed by atoms with E-state index in [9.17, 15) is 9.59 Å². The molecule has 1 fully saturated rings. The topological polar surface area (TPSA) is 141 Å². The van der Waals surface area contributed by atoms with Gasteiger partial charge in [-0.2, -0.15) is 5.10 Å². The van der Waals surface area contributed by atoms with E-state index in [0.717, 1.165) is 42.5 Å². The zero-order valence-electron chi connectivity index (χ0n) is 22.9. The summed E-state index contributed by atoms with van der Waals surface area (Å²) in [5, 5.41) is 9.32. The maximum atomic E-state index is 13.0. The number of nitrogens with zero attached hydrogens (tertiary/aromatic N) is 6. The number of piperidine rings is 1. The summed E-state index contributed by atoms with van der Waals surface area (Å²) in [6, 6.07) is 5.74. The Kier molecular flexibility index (Phi) is 7.31. The lowest BCUT2D eigenvalue weighted by Gasteiger charge is -2.29. The number of anilines is 1. The number of carbonyl (C=O) groups excluding carboxylic acids is 2. The SMILES string of the molecule is CC(C)Cc1nc2c(cnn2C2CCNCC2)c(-c2ccc3c(c2)OCC(=O)N3Cc2ncc(Cl)cn2)c1C(N)=O. The van der Waals surface area contributed by atoms with Gasteiger partial charge in [-0.05, 0) is 56.0 Å². The molecule has 0 spiro atoms. The van der Waals surface area contributed by atoms with Gasteiger partial charge in [-0.15, -0.1) is 0 Å². The van der Waals surface area contributed by atoms with E-state index in [1.807, 2.05) is 22.9 Å². The van der Waals surface area contributed by atoms with Gasteiger partial charge in [0.2, 0.25) is 0 Å². The summed E-state index contributed by atoms with van der Waals surface area (Å²) in [6.45, 7) is 6.03. The molecule has 1 saturated heterocycles. The fraction of sp³-hybridized carbons (Fsp3) is 0.379. The van der Waals surface area contributed by atoms with E-state index in [1.165, 1.54) is 12.4 Å². The summed E-state index contributed by atoms with van der Waals surface area (Å²) in [7, 11) is 0. The van der Waals surface area contributed by atoms with Crippen LogP contribution in [-0.2, 0) is 17.8 Å². The van der Waals surface area contributed by atoms with Gasteiger partial charge in [0.05, 0.1) is 40.8 Å². The van der Waals surface area contributed by atoms with Gasteiger partial charge in [0.1, 0.15) is 11.6 Å². The summed E-state index contributed by atoms with van der Waals surface area (Å²) in [5.41, 5.74) is 9.79. The number of ether oxygens (including phenoxy) is 1. The molecule has 6 rings (SSSR count). The Morgan fingerprint density at radius 2 is 1.95 bits per heavy atom. The van der Waals surface area contributed by atoms with Crippen molar-refractivity contribution in [2.75, 3.05) is 24.6 Å². The zero-order chi connectivity index (χ0) is 28.7. The average molecular weight is 575 g/mol. The fourth-order valence-corrected chi connectivity index (χ4v) is 5.72. The van der Waals surface area contributed by atoms with Crippen molar-refractivity contribution < 1.29 is 14.3 Å². The van der Waals surface area contributed by atoms with Crippen LogP contribution in [0.15, 0.2) is 36.8 Å². The molecule has 0 radical (unpaired) electrons. The van der Waals surface area contributed by atoms with E-state index in [0.29, 0.717) is 45.5 Å². The number of fused-ring (bicyclic) bond motifs is 2.